The number of amides is 1. The van der Waals surface area contributed by atoms with Crippen molar-refractivity contribution in [1.82, 2.24) is 10.3 Å². The number of non-ortho nitro benzene ring substituents is 1. The van der Waals surface area contributed by atoms with Crippen LogP contribution in [-0.4, -0.2) is 22.5 Å². The number of H-pyrrole nitrogens is 1. The summed E-state index contributed by atoms with van der Waals surface area (Å²) in [5.41, 5.74) is 2.90. The number of benzene rings is 2. The molecule has 1 aromatic heterocycles. The van der Waals surface area contributed by atoms with E-state index in [4.69, 9.17) is 4.74 Å². The van der Waals surface area contributed by atoms with Gasteiger partial charge in [0.05, 0.1) is 4.92 Å². The molecule has 134 valence electrons. The van der Waals surface area contributed by atoms with Crippen LogP contribution in [0, 0.1) is 10.1 Å². The summed E-state index contributed by atoms with van der Waals surface area (Å²) in [6.45, 7) is 2.54. The summed E-state index contributed by atoms with van der Waals surface area (Å²) in [7, 11) is 0. The number of rotatable bonds is 6. The number of hydrogen-bond donors (Lipinski definition) is 2. The molecule has 3 aromatic rings. The van der Waals surface area contributed by atoms with Crippen LogP contribution in [0.5, 0.6) is 0 Å². The molecule has 0 bridgehead atoms. The average molecular weight is 353 g/mol. The van der Waals surface area contributed by atoms with Crippen LogP contribution in [0.25, 0.3) is 10.9 Å². The van der Waals surface area contributed by atoms with Gasteiger partial charge in [-0.2, -0.15) is 0 Å². The van der Waals surface area contributed by atoms with Crippen molar-refractivity contribution in [3.63, 3.8) is 0 Å². The highest BCUT2D eigenvalue weighted by atomic mass is 16.6. The van der Waals surface area contributed by atoms with Crippen LogP contribution >= 0.6 is 0 Å². The van der Waals surface area contributed by atoms with E-state index in [1.165, 1.54) is 12.1 Å². The van der Waals surface area contributed by atoms with Crippen LogP contribution in [0.1, 0.15) is 24.0 Å². The Kier molecular flexibility index (Phi) is 5.17. The van der Waals surface area contributed by atoms with Gasteiger partial charge < -0.3 is 15.0 Å². The number of alkyl carbamates (subject to hydrolysis) is 1. The molecular formula is C19H19N3O4. The Hall–Kier alpha value is -3.35. The first kappa shape index (κ1) is 17.5. The summed E-state index contributed by atoms with van der Waals surface area (Å²) < 4.78 is 5.16. The maximum Gasteiger partial charge on any atom is 0.407 e. The quantitative estimate of drug-likeness (QED) is 0.515. The van der Waals surface area contributed by atoms with Crippen LogP contribution in [0.3, 0.4) is 0 Å². The molecule has 0 unspecified atom stereocenters. The minimum Gasteiger partial charge on any atom is -0.445 e. The fraction of sp³-hybridized carbons (Fsp3) is 0.211. The number of ether oxygens (including phenoxy) is 1. The van der Waals surface area contributed by atoms with Crippen LogP contribution in [-0.2, 0) is 11.3 Å². The summed E-state index contributed by atoms with van der Waals surface area (Å²) in [5.74, 6) is 0.123. The number of fused-ring (bicyclic) bond motifs is 1. The van der Waals surface area contributed by atoms with E-state index in [0.29, 0.717) is 12.1 Å². The zero-order valence-electron chi connectivity index (χ0n) is 14.3. The molecule has 1 heterocycles. The van der Waals surface area contributed by atoms with E-state index >= 15 is 0 Å². The lowest BCUT2D eigenvalue weighted by atomic mass is 10.0. The Balaban J connectivity index is 1.50. The molecule has 1 amide bonds. The molecule has 0 radical (unpaired) electrons. The minimum absolute atomic E-state index is 0.00533. The summed E-state index contributed by atoms with van der Waals surface area (Å²) >= 11 is 0. The summed E-state index contributed by atoms with van der Waals surface area (Å²) in [5, 5.41) is 14.5. The summed E-state index contributed by atoms with van der Waals surface area (Å²) in [6, 6.07) is 13.9. The maximum atomic E-state index is 11.9. The summed E-state index contributed by atoms with van der Waals surface area (Å²) in [6.07, 6.45) is 1.44. The van der Waals surface area contributed by atoms with Gasteiger partial charge in [-0.25, -0.2) is 4.79 Å². The lowest BCUT2D eigenvalue weighted by Gasteiger charge is -2.12. The van der Waals surface area contributed by atoms with E-state index in [1.54, 1.807) is 12.1 Å². The predicted octanol–water partition coefficient (Wildman–Crippen LogP) is 4.11. The highest BCUT2D eigenvalue weighted by molar-refractivity contribution is 5.83. The van der Waals surface area contributed by atoms with Gasteiger partial charge in [-0.3, -0.25) is 10.1 Å². The topological polar surface area (TPSA) is 97.3 Å². The molecular weight excluding hydrogens is 334 g/mol. The lowest BCUT2D eigenvalue weighted by molar-refractivity contribution is -0.384. The standard InChI is InChI=1S/C19H19N3O4/c1-13(17-11-20-18-5-3-2-4-16(17)18)10-21-19(23)26-12-14-6-8-15(9-7-14)22(24)25/h2-9,11,13,20H,10,12H2,1H3,(H,21,23)/t13-/m1/s1. The second-order valence-electron chi connectivity index (χ2n) is 6.07. The first-order chi connectivity index (χ1) is 12.5. The Morgan fingerprint density at radius 2 is 1.96 bits per heavy atom. The Morgan fingerprint density at radius 1 is 1.23 bits per heavy atom. The third kappa shape index (κ3) is 4.00. The maximum absolute atomic E-state index is 11.9. The monoisotopic (exact) mass is 353 g/mol. The van der Waals surface area contributed by atoms with E-state index in [2.05, 4.69) is 10.3 Å². The largest absolute Gasteiger partial charge is 0.445 e. The first-order valence-electron chi connectivity index (χ1n) is 8.24. The van der Waals surface area contributed by atoms with E-state index in [1.807, 2.05) is 37.4 Å². The SMILES string of the molecule is C[C@H](CNC(=O)OCc1ccc([N+](=O)[O-])cc1)c1c[nH]c2ccccc12. The van der Waals surface area contributed by atoms with Gasteiger partial charge in [0.2, 0.25) is 0 Å². The molecule has 7 nitrogen and oxygen atoms in total. The van der Waals surface area contributed by atoms with Crippen molar-refractivity contribution in [3.8, 4) is 0 Å². The van der Waals surface area contributed by atoms with E-state index < -0.39 is 11.0 Å². The molecule has 0 aliphatic rings. The van der Waals surface area contributed by atoms with Crippen molar-refractivity contribution in [3.05, 3.63) is 76.0 Å². The number of nitrogens with one attached hydrogen (secondary N) is 2. The van der Waals surface area contributed by atoms with Gasteiger partial charge in [-0.15, -0.1) is 0 Å². The van der Waals surface area contributed by atoms with Crippen LogP contribution in [0.2, 0.25) is 0 Å². The zero-order valence-corrected chi connectivity index (χ0v) is 14.3. The Morgan fingerprint density at radius 3 is 2.69 bits per heavy atom. The third-order valence-corrected chi connectivity index (χ3v) is 4.22. The van der Waals surface area contributed by atoms with Crippen molar-refractivity contribution in [2.24, 2.45) is 0 Å². The molecule has 26 heavy (non-hydrogen) atoms. The molecule has 1 atom stereocenters. The van der Waals surface area contributed by atoms with Gasteiger partial charge in [0.1, 0.15) is 6.61 Å². The van der Waals surface area contributed by atoms with Crippen molar-refractivity contribution < 1.29 is 14.5 Å². The first-order valence-corrected chi connectivity index (χ1v) is 8.24. The number of carbonyl (C=O) groups excluding carboxylic acids is 1. The fourth-order valence-corrected chi connectivity index (χ4v) is 2.76. The van der Waals surface area contributed by atoms with Crippen LogP contribution in [0.4, 0.5) is 10.5 Å². The van der Waals surface area contributed by atoms with Crippen molar-refractivity contribution >= 4 is 22.7 Å². The van der Waals surface area contributed by atoms with Crippen LogP contribution in [0.15, 0.2) is 54.7 Å². The molecule has 2 N–H and O–H groups in total. The van der Waals surface area contributed by atoms with Crippen molar-refractivity contribution in [2.45, 2.75) is 19.4 Å². The lowest BCUT2D eigenvalue weighted by Crippen LogP contribution is -2.28. The highest BCUT2D eigenvalue weighted by Crippen LogP contribution is 2.24. The second kappa shape index (κ2) is 7.69. The minimum atomic E-state index is -0.518. The third-order valence-electron chi connectivity index (χ3n) is 4.22. The van der Waals surface area contributed by atoms with Gasteiger partial charge in [0.15, 0.2) is 0 Å². The van der Waals surface area contributed by atoms with Gasteiger partial charge in [0.25, 0.3) is 5.69 Å². The number of nitrogens with zero attached hydrogens (tertiary/aromatic N) is 1. The Labute approximate surface area is 150 Å². The number of carbonyl (C=O) groups is 1. The molecule has 0 aliphatic carbocycles. The molecule has 7 heteroatoms. The number of hydrogen-bond acceptors (Lipinski definition) is 4. The average Bonchev–Trinajstić information content (AvgIpc) is 3.09. The molecule has 2 aromatic carbocycles. The van der Waals surface area contributed by atoms with E-state index in [9.17, 15) is 14.9 Å². The number of aromatic amines is 1. The summed E-state index contributed by atoms with van der Waals surface area (Å²) in [4.78, 5) is 25.2. The number of nitro benzene ring substituents is 1. The van der Waals surface area contributed by atoms with E-state index in [0.717, 1.165) is 16.5 Å². The molecule has 0 aliphatic heterocycles. The molecule has 0 saturated heterocycles. The van der Waals surface area contributed by atoms with Gasteiger partial charge in [-0.1, -0.05) is 25.1 Å². The Bertz CT molecular complexity index is 918. The molecule has 3 rings (SSSR count). The highest BCUT2D eigenvalue weighted by Gasteiger charge is 2.13. The molecule has 0 saturated carbocycles. The van der Waals surface area contributed by atoms with Gasteiger partial charge in [0, 0.05) is 41.7 Å². The molecule has 0 spiro atoms. The van der Waals surface area contributed by atoms with Gasteiger partial charge in [-0.05, 0) is 29.3 Å². The van der Waals surface area contributed by atoms with Crippen LogP contribution < -0.4 is 5.32 Å². The normalized spacial score (nSPS) is 11.9. The number of nitro groups is 1. The fourth-order valence-electron chi connectivity index (χ4n) is 2.76. The number of para-hydroxylation sites is 1. The molecule has 0 fully saturated rings. The predicted molar refractivity (Wildman–Crippen MR) is 98.0 cm³/mol. The van der Waals surface area contributed by atoms with Gasteiger partial charge >= 0.3 is 6.09 Å². The van der Waals surface area contributed by atoms with Crippen molar-refractivity contribution in [1.29, 1.82) is 0 Å². The zero-order chi connectivity index (χ0) is 18.5. The van der Waals surface area contributed by atoms with Crippen molar-refractivity contribution in [2.75, 3.05) is 6.54 Å². The van der Waals surface area contributed by atoms with E-state index in [-0.39, 0.29) is 18.2 Å². The number of aromatic nitrogens is 1. The smallest absolute Gasteiger partial charge is 0.407 e. The second-order valence-corrected chi connectivity index (χ2v) is 6.07.